The van der Waals surface area contributed by atoms with Crippen LogP contribution in [-0.2, 0) is 29.0 Å². The van der Waals surface area contributed by atoms with E-state index in [-0.39, 0.29) is 6.09 Å². The summed E-state index contributed by atoms with van der Waals surface area (Å²) in [5.74, 6) is -0.396. The van der Waals surface area contributed by atoms with Crippen LogP contribution in [0.3, 0.4) is 0 Å². The summed E-state index contributed by atoms with van der Waals surface area (Å²) < 4.78 is 12.4. The zero-order valence-electron chi connectivity index (χ0n) is 16.4. The minimum absolute atomic E-state index is 0.295. The number of aromatic nitrogens is 2. The zero-order valence-corrected chi connectivity index (χ0v) is 16.4. The van der Waals surface area contributed by atoms with Gasteiger partial charge in [-0.25, -0.2) is 9.59 Å². The van der Waals surface area contributed by atoms with Crippen LogP contribution in [0.1, 0.15) is 62.8 Å². The molecule has 0 fully saturated rings. The summed E-state index contributed by atoms with van der Waals surface area (Å²) in [6.45, 7) is 11.0. The average Bonchev–Trinajstić information content (AvgIpc) is 2.91. The monoisotopic (exact) mass is 363 g/mol. The lowest BCUT2D eigenvalue weighted by Crippen LogP contribution is -2.40. The van der Waals surface area contributed by atoms with Crippen LogP contribution in [0.25, 0.3) is 0 Å². The number of fused-ring (bicyclic) bond motifs is 1. The van der Waals surface area contributed by atoms with Gasteiger partial charge in [-0.3, -0.25) is 4.68 Å². The number of amides is 1. The molecule has 144 valence electrons. The Kier molecular flexibility index (Phi) is 6.45. The van der Waals surface area contributed by atoms with Crippen LogP contribution in [-0.4, -0.2) is 45.5 Å². The van der Waals surface area contributed by atoms with E-state index in [1.54, 1.807) is 16.5 Å². The van der Waals surface area contributed by atoms with E-state index in [9.17, 15) is 9.59 Å². The first-order valence-electron chi connectivity index (χ1n) is 9.11. The number of esters is 1. The molecule has 7 nitrogen and oxygen atoms in total. The third-order valence-electron chi connectivity index (χ3n) is 3.96. The van der Waals surface area contributed by atoms with Gasteiger partial charge >= 0.3 is 12.1 Å². The number of ether oxygens (including phenoxy) is 2. The summed E-state index contributed by atoms with van der Waals surface area (Å²) in [5, 5.41) is 4.60. The molecule has 26 heavy (non-hydrogen) atoms. The van der Waals surface area contributed by atoms with Gasteiger partial charge in [-0.15, -0.1) is 0 Å². The fourth-order valence-electron chi connectivity index (χ4n) is 2.86. The second kappa shape index (κ2) is 8.38. The van der Waals surface area contributed by atoms with Gasteiger partial charge in [-0.1, -0.05) is 12.2 Å². The van der Waals surface area contributed by atoms with Gasteiger partial charge in [0.05, 0.1) is 18.8 Å². The maximum absolute atomic E-state index is 12.5. The smallest absolute Gasteiger partial charge is 0.410 e. The summed E-state index contributed by atoms with van der Waals surface area (Å²) in [5.41, 5.74) is 1.51. The van der Waals surface area contributed by atoms with Gasteiger partial charge < -0.3 is 14.4 Å². The summed E-state index contributed by atoms with van der Waals surface area (Å²) in [7, 11) is 0. The van der Waals surface area contributed by atoms with Crippen molar-refractivity contribution in [3.8, 4) is 0 Å². The molecule has 0 aromatic carbocycles. The minimum Gasteiger partial charge on any atom is -0.461 e. The first-order valence-corrected chi connectivity index (χ1v) is 9.11. The van der Waals surface area contributed by atoms with E-state index in [0.717, 1.165) is 17.7 Å². The Morgan fingerprint density at radius 1 is 1.31 bits per heavy atom. The third kappa shape index (κ3) is 4.86. The van der Waals surface area contributed by atoms with E-state index in [0.29, 0.717) is 38.4 Å². The predicted molar refractivity (Wildman–Crippen MR) is 98.0 cm³/mol. The van der Waals surface area contributed by atoms with Gasteiger partial charge in [-0.05, 0) is 41.0 Å². The van der Waals surface area contributed by atoms with Crippen molar-refractivity contribution in [2.24, 2.45) is 0 Å². The third-order valence-corrected chi connectivity index (χ3v) is 3.96. The van der Waals surface area contributed by atoms with Crippen molar-refractivity contribution in [3.63, 3.8) is 0 Å². The maximum Gasteiger partial charge on any atom is 0.410 e. The molecule has 2 rings (SSSR count). The molecule has 0 saturated carbocycles. The Labute approximate surface area is 154 Å². The number of aryl methyl sites for hydroxylation is 1. The lowest BCUT2D eigenvalue weighted by atomic mass is 10.1. The number of nitrogens with zero attached hydrogens (tertiary/aromatic N) is 3. The Morgan fingerprint density at radius 2 is 2.04 bits per heavy atom. The summed E-state index contributed by atoms with van der Waals surface area (Å²) in [4.78, 5) is 26.5. The van der Waals surface area contributed by atoms with Crippen LogP contribution >= 0.6 is 0 Å². The standard InChI is InChI=1S/C19H29N3O4/c1-6-8-9-11-22-16(17(23)25-7-2)14-13-21(12-10-15(14)20-22)18(24)26-19(3,4)5/h6,8H,7,9-13H2,1-5H3. The molecule has 0 aliphatic carbocycles. The predicted octanol–water partition coefficient (Wildman–Crippen LogP) is 3.32. The van der Waals surface area contributed by atoms with E-state index in [2.05, 4.69) is 5.10 Å². The van der Waals surface area contributed by atoms with Gasteiger partial charge in [-0.2, -0.15) is 5.10 Å². The Bertz CT molecular complexity index is 686. The first kappa shape index (κ1) is 20.0. The van der Waals surface area contributed by atoms with Crippen LogP contribution in [0.5, 0.6) is 0 Å². The molecule has 1 aliphatic heterocycles. The number of carbonyl (C=O) groups is 2. The maximum atomic E-state index is 12.5. The first-order chi connectivity index (χ1) is 12.3. The van der Waals surface area contributed by atoms with Crippen molar-refractivity contribution in [3.05, 3.63) is 29.1 Å². The fraction of sp³-hybridized carbons (Fsp3) is 0.632. The second-order valence-electron chi connectivity index (χ2n) is 7.23. The van der Waals surface area contributed by atoms with Crippen LogP contribution in [0.15, 0.2) is 12.2 Å². The highest BCUT2D eigenvalue weighted by Crippen LogP contribution is 2.25. The van der Waals surface area contributed by atoms with Crippen molar-refractivity contribution in [2.75, 3.05) is 13.2 Å². The van der Waals surface area contributed by atoms with Crippen LogP contribution < -0.4 is 0 Å². The molecule has 0 saturated heterocycles. The lowest BCUT2D eigenvalue weighted by Gasteiger charge is -2.29. The van der Waals surface area contributed by atoms with Crippen LogP contribution in [0.2, 0.25) is 0 Å². The van der Waals surface area contributed by atoms with E-state index in [1.807, 2.05) is 39.8 Å². The zero-order chi connectivity index (χ0) is 19.3. The van der Waals surface area contributed by atoms with Crippen molar-refractivity contribution in [1.82, 2.24) is 14.7 Å². The van der Waals surface area contributed by atoms with E-state index in [1.165, 1.54) is 0 Å². The van der Waals surface area contributed by atoms with E-state index < -0.39 is 11.6 Å². The topological polar surface area (TPSA) is 73.7 Å². The summed E-state index contributed by atoms with van der Waals surface area (Å²) in [6.07, 6.45) is 5.00. The van der Waals surface area contributed by atoms with Gasteiger partial charge in [0.2, 0.25) is 0 Å². The van der Waals surface area contributed by atoms with Crippen LogP contribution in [0.4, 0.5) is 4.79 Å². The number of allylic oxidation sites excluding steroid dienone is 2. The number of rotatable bonds is 5. The Morgan fingerprint density at radius 3 is 2.65 bits per heavy atom. The molecule has 0 bridgehead atoms. The van der Waals surface area contributed by atoms with E-state index >= 15 is 0 Å². The average molecular weight is 363 g/mol. The molecule has 2 heterocycles. The largest absolute Gasteiger partial charge is 0.461 e. The number of hydrogen-bond donors (Lipinski definition) is 0. The summed E-state index contributed by atoms with van der Waals surface area (Å²) in [6, 6.07) is 0. The van der Waals surface area contributed by atoms with Crippen LogP contribution in [0, 0.1) is 0 Å². The van der Waals surface area contributed by atoms with Gasteiger partial charge in [0.1, 0.15) is 5.60 Å². The van der Waals surface area contributed by atoms with E-state index in [4.69, 9.17) is 9.47 Å². The van der Waals surface area contributed by atoms with Gasteiger partial charge in [0.15, 0.2) is 5.69 Å². The Hall–Kier alpha value is -2.31. The molecule has 1 aromatic heterocycles. The molecule has 1 aromatic rings. The quantitative estimate of drug-likeness (QED) is 0.593. The van der Waals surface area contributed by atoms with Crippen molar-refractivity contribution in [1.29, 1.82) is 0 Å². The fourth-order valence-corrected chi connectivity index (χ4v) is 2.86. The molecule has 1 aliphatic rings. The molecule has 7 heteroatoms. The second-order valence-corrected chi connectivity index (χ2v) is 7.23. The van der Waals surface area contributed by atoms with Crippen molar-refractivity contribution >= 4 is 12.1 Å². The highest BCUT2D eigenvalue weighted by molar-refractivity contribution is 5.90. The molecular formula is C19H29N3O4. The molecule has 0 radical (unpaired) electrons. The molecular weight excluding hydrogens is 334 g/mol. The number of carbonyl (C=O) groups excluding carboxylic acids is 2. The molecule has 0 spiro atoms. The highest BCUT2D eigenvalue weighted by Gasteiger charge is 2.32. The molecule has 0 unspecified atom stereocenters. The molecule has 1 amide bonds. The lowest BCUT2D eigenvalue weighted by molar-refractivity contribution is 0.0220. The Balaban J connectivity index is 2.28. The normalized spacial score (nSPS) is 14.4. The van der Waals surface area contributed by atoms with Crippen molar-refractivity contribution in [2.45, 2.75) is 66.2 Å². The van der Waals surface area contributed by atoms with Crippen molar-refractivity contribution < 1.29 is 19.1 Å². The SMILES string of the molecule is CC=CCCn1nc2c(c1C(=O)OCC)CN(C(=O)OC(C)(C)C)CC2. The molecule has 0 atom stereocenters. The highest BCUT2D eigenvalue weighted by atomic mass is 16.6. The number of hydrogen-bond acceptors (Lipinski definition) is 5. The molecule has 0 N–H and O–H groups in total. The summed E-state index contributed by atoms with van der Waals surface area (Å²) >= 11 is 0. The van der Waals surface area contributed by atoms with Gasteiger partial charge in [0.25, 0.3) is 0 Å². The van der Waals surface area contributed by atoms with Gasteiger partial charge in [0, 0.05) is 25.1 Å². The minimum atomic E-state index is -0.558.